The zero-order chi connectivity index (χ0) is 17.3. The molecule has 1 saturated heterocycles. The highest BCUT2D eigenvalue weighted by molar-refractivity contribution is 8.26. The fraction of sp³-hybridized carbons (Fsp3) is 0.111. The number of rotatable bonds is 4. The van der Waals surface area contributed by atoms with E-state index in [2.05, 4.69) is 6.58 Å². The van der Waals surface area contributed by atoms with Crippen LogP contribution >= 0.6 is 35.6 Å². The van der Waals surface area contributed by atoms with Crippen molar-refractivity contribution in [2.75, 3.05) is 6.54 Å². The van der Waals surface area contributed by atoms with Crippen molar-refractivity contribution in [3.05, 3.63) is 64.2 Å². The molecule has 122 valence electrons. The molecule has 2 heterocycles. The van der Waals surface area contributed by atoms with Crippen molar-refractivity contribution in [3.63, 3.8) is 0 Å². The Hall–Kier alpha value is -1.82. The molecule has 0 saturated carbocycles. The lowest BCUT2D eigenvalue weighted by molar-refractivity contribution is -0.121. The predicted octanol–water partition coefficient (Wildman–Crippen LogP) is 5.30. The summed E-state index contributed by atoms with van der Waals surface area (Å²) in [7, 11) is 0. The van der Waals surface area contributed by atoms with Crippen LogP contribution in [0.1, 0.15) is 11.3 Å². The number of carbonyl (C=O) groups excluding carboxylic acids is 1. The number of nitrogens with zero attached hydrogens (tertiary/aromatic N) is 1. The van der Waals surface area contributed by atoms with Gasteiger partial charge in [-0.15, -0.1) is 6.58 Å². The number of thiocarbonyl (C=S) groups is 1. The van der Waals surface area contributed by atoms with E-state index in [-0.39, 0.29) is 5.91 Å². The van der Waals surface area contributed by atoms with Gasteiger partial charge in [-0.3, -0.25) is 9.69 Å². The number of hydrogen-bond acceptors (Lipinski definition) is 4. The number of amides is 1. The van der Waals surface area contributed by atoms with Crippen LogP contribution < -0.4 is 0 Å². The molecule has 1 fully saturated rings. The fourth-order valence-corrected chi connectivity index (χ4v) is 3.78. The molecule has 1 aromatic carbocycles. The van der Waals surface area contributed by atoms with Crippen molar-refractivity contribution in [1.82, 2.24) is 4.90 Å². The molecule has 1 aromatic heterocycles. The molecule has 0 N–H and O–H groups in total. The van der Waals surface area contributed by atoms with Crippen molar-refractivity contribution in [3.8, 4) is 11.3 Å². The number of halogens is 1. The third-order valence-corrected chi connectivity index (χ3v) is 5.16. The van der Waals surface area contributed by atoms with Gasteiger partial charge >= 0.3 is 0 Å². The summed E-state index contributed by atoms with van der Waals surface area (Å²) in [5, 5.41) is 0.652. The molecule has 0 aliphatic carbocycles. The highest BCUT2D eigenvalue weighted by atomic mass is 35.5. The molecule has 0 unspecified atom stereocenters. The molecule has 3 rings (SSSR count). The van der Waals surface area contributed by atoms with E-state index in [1.54, 1.807) is 12.2 Å². The number of thioether (sulfide) groups is 1. The van der Waals surface area contributed by atoms with Crippen LogP contribution in [0.3, 0.4) is 0 Å². The number of aryl methyl sites for hydroxylation is 1. The van der Waals surface area contributed by atoms with E-state index in [9.17, 15) is 4.79 Å². The molecule has 1 amide bonds. The predicted molar refractivity (Wildman–Crippen MR) is 104 cm³/mol. The van der Waals surface area contributed by atoms with Gasteiger partial charge in [0.25, 0.3) is 5.91 Å². The van der Waals surface area contributed by atoms with E-state index in [1.165, 1.54) is 16.7 Å². The van der Waals surface area contributed by atoms with Crippen LogP contribution in [0.4, 0.5) is 0 Å². The van der Waals surface area contributed by atoms with Gasteiger partial charge in [-0.2, -0.15) is 0 Å². The van der Waals surface area contributed by atoms with Gasteiger partial charge in [0.1, 0.15) is 15.8 Å². The van der Waals surface area contributed by atoms with Crippen LogP contribution in [0, 0.1) is 6.92 Å². The van der Waals surface area contributed by atoms with Gasteiger partial charge in [-0.25, -0.2) is 0 Å². The number of carbonyl (C=O) groups is 1. The summed E-state index contributed by atoms with van der Waals surface area (Å²) >= 11 is 12.6. The van der Waals surface area contributed by atoms with Crippen molar-refractivity contribution in [1.29, 1.82) is 0 Å². The summed E-state index contributed by atoms with van der Waals surface area (Å²) in [5.41, 5.74) is 2.00. The molecule has 24 heavy (non-hydrogen) atoms. The van der Waals surface area contributed by atoms with Crippen LogP contribution in [0.2, 0.25) is 5.02 Å². The van der Waals surface area contributed by atoms with Crippen LogP contribution in [0.15, 0.2) is 52.3 Å². The Morgan fingerprint density at radius 1 is 1.38 bits per heavy atom. The van der Waals surface area contributed by atoms with Gasteiger partial charge in [0, 0.05) is 23.2 Å². The molecule has 0 radical (unpaired) electrons. The number of hydrogen-bond donors (Lipinski definition) is 0. The molecule has 0 atom stereocenters. The van der Waals surface area contributed by atoms with E-state index in [1.807, 2.05) is 37.3 Å². The molecular weight excluding hydrogens is 362 g/mol. The lowest BCUT2D eigenvalue weighted by atomic mass is 10.1. The van der Waals surface area contributed by atoms with Crippen molar-refractivity contribution in [2.45, 2.75) is 6.92 Å². The van der Waals surface area contributed by atoms with Crippen molar-refractivity contribution in [2.24, 2.45) is 0 Å². The smallest absolute Gasteiger partial charge is 0.266 e. The third-order valence-electron chi connectivity index (χ3n) is 3.55. The minimum Gasteiger partial charge on any atom is -0.457 e. The fourth-order valence-electron chi connectivity index (χ4n) is 2.35. The Labute approximate surface area is 155 Å². The molecule has 1 aliphatic heterocycles. The Morgan fingerprint density at radius 3 is 2.92 bits per heavy atom. The maximum atomic E-state index is 12.3. The van der Waals surface area contributed by atoms with Crippen LogP contribution in [0.25, 0.3) is 17.4 Å². The van der Waals surface area contributed by atoms with E-state index in [0.29, 0.717) is 32.3 Å². The zero-order valence-corrected chi connectivity index (χ0v) is 15.3. The monoisotopic (exact) mass is 375 g/mol. The average molecular weight is 376 g/mol. The van der Waals surface area contributed by atoms with Gasteiger partial charge in [0.2, 0.25) is 0 Å². The summed E-state index contributed by atoms with van der Waals surface area (Å²) in [6.07, 6.45) is 3.37. The number of benzene rings is 1. The van der Waals surface area contributed by atoms with Gasteiger partial charge in [0.15, 0.2) is 0 Å². The standard InChI is InChI=1S/C18H14ClNO2S2/c1-3-8-20-17(21)16(24-18(20)23)10-13-6-7-15(22-13)14-9-12(19)5-4-11(14)2/h3-7,9-10H,1,8H2,2H3/b16-10-. The molecule has 2 aromatic rings. The lowest BCUT2D eigenvalue weighted by Crippen LogP contribution is -2.27. The quantitative estimate of drug-likeness (QED) is 0.412. The van der Waals surface area contributed by atoms with Gasteiger partial charge in [0.05, 0.1) is 4.91 Å². The normalized spacial score (nSPS) is 16.2. The minimum absolute atomic E-state index is 0.123. The second kappa shape index (κ2) is 6.97. The third kappa shape index (κ3) is 3.34. The van der Waals surface area contributed by atoms with Crippen molar-refractivity contribution >= 4 is 51.9 Å². The first-order chi connectivity index (χ1) is 11.5. The first kappa shape index (κ1) is 17.0. The maximum Gasteiger partial charge on any atom is 0.266 e. The molecule has 0 bridgehead atoms. The van der Waals surface area contributed by atoms with E-state index >= 15 is 0 Å². The molecule has 1 aliphatic rings. The largest absolute Gasteiger partial charge is 0.457 e. The molecule has 6 heteroatoms. The van der Waals surface area contributed by atoms with E-state index in [0.717, 1.165) is 11.1 Å². The van der Waals surface area contributed by atoms with Gasteiger partial charge in [-0.1, -0.05) is 47.7 Å². The Kier molecular flexibility index (Phi) is 4.94. The first-order valence-corrected chi connectivity index (χ1v) is 8.82. The lowest BCUT2D eigenvalue weighted by Gasteiger charge is -2.10. The first-order valence-electron chi connectivity index (χ1n) is 7.22. The van der Waals surface area contributed by atoms with E-state index in [4.69, 9.17) is 28.2 Å². The van der Waals surface area contributed by atoms with Crippen LogP contribution in [0.5, 0.6) is 0 Å². The van der Waals surface area contributed by atoms with Gasteiger partial charge < -0.3 is 4.42 Å². The average Bonchev–Trinajstić information content (AvgIpc) is 3.11. The summed E-state index contributed by atoms with van der Waals surface area (Å²) in [5.74, 6) is 1.19. The number of furan rings is 1. The highest BCUT2D eigenvalue weighted by Crippen LogP contribution is 2.34. The molecule has 0 spiro atoms. The van der Waals surface area contributed by atoms with Crippen LogP contribution in [-0.2, 0) is 4.79 Å². The summed E-state index contributed by atoms with van der Waals surface area (Å²) < 4.78 is 6.39. The summed E-state index contributed by atoms with van der Waals surface area (Å²) in [6, 6.07) is 9.35. The molecular formula is C18H14ClNO2S2. The summed E-state index contributed by atoms with van der Waals surface area (Å²) in [4.78, 5) is 14.4. The Bertz CT molecular complexity index is 870. The summed E-state index contributed by atoms with van der Waals surface area (Å²) in [6.45, 7) is 6.05. The Morgan fingerprint density at radius 2 is 2.17 bits per heavy atom. The highest BCUT2D eigenvalue weighted by Gasteiger charge is 2.31. The zero-order valence-electron chi connectivity index (χ0n) is 12.9. The Balaban J connectivity index is 1.89. The second-order valence-corrected chi connectivity index (χ2v) is 7.35. The molecule has 3 nitrogen and oxygen atoms in total. The van der Waals surface area contributed by atoms with Crippen LogP contribution in [-0.4, -0.2) is 21.7 Å². The van der Waals surface area contributed by atoms with Gasteiger partial charge in [-0.05, 0) is 36.8 Å². The SMILES string of the molecule is C=CCN1C(=O)/C(=C/c2ccc(-c3cc(Cl)ccc3C)o2)SC1=S. The van der Waals surface area contributed by atoms with Crippen molar-refractivity contribution < 1.29 is 9.21 Å². The second-order valence-electron chi connectivity index (χ2n) is 5.24. The topological polar surface area (TPSA) is 33.5 Å². The maximum absolute atomic E-state index is 12.3. The van der Waals surface area contributed by atoms with E-state index < -0.39 is 0 Å². The minimum atomic E-state index is -0.123.